The summed E-state index contributed by atoms with van der Waals surface area (Å²) >= 11 is 0. The third-order valence-electron chi connectivity index (χ3n) is 11.4. The molecule has 4 aliphatic rings. The molecule has 9 atom stereocenters. The van der Waals surface area contributed by atoms with E-state index >= 15 is 0 Å². The second-order valence-electron chi connectivity index (χ2n) is 13.1. The minimum Gasteiger partial charge on any atom is -0.390 e. The lowest BCUT2D eigenvalue weighted by molar-refractivity contribution is -0.151. The van der Waals surface area contributed by atoms with Gasteiger partial charge in [-0.15, -0.1) is 0 Å². The number of benzene rings is 1. The summed E-state index contributed by atoms with van der Waals surface area (Å²) in [4.78, 5) is 15.5. The van der Waals surface area contributed by atoms with Crippen LogP contribution in [-0.4, -0.2) is 31.5 Å². The highest BCUT2D eigenvalue weighted by Crippen LogP contribution is 2.68. The SMILES string of the molecule is C[C@H](C(=O)[C@H]1CC[C@H]2[C@@H]3CC[C@H]4C[C@](C)(O)CCC4(C)[C@H]3CC[C@]12C)n1nc2ccccc2n1. The van der Waals surface area contributed by atoms with Crippen LogP contribution in [-0.2, 0) is 4.79 Å². The van der Waals surface area contributed by atoms with E-state index in [1.165, 1.54) is 25.7 Å². The molecule has 1 aromatic carbocycles. The number of aromatic nitrogens is 3. The van der Waals surface area contributed by atoms with Crippen LogP contribution in [0.25, 0.3) is 11.0 Å². The van der Waals surface area contributed by atoms with Crippen LogP contribution in [0.1, 0.15) is 91.5 Å². The number of fused-ring (bicyclic) bond motifs is 6. The monoisotopic (exact) mass is 463 g/mol. The first kappa shape index (κ1) is 22.7. The van der Waals surface area contributed by atoms with E-state index in [1.54, 1.807) is 4.80 Å². The predicted molar refractivity (Wildman–Crippen MR) is 133 cm³/mol. The minimum absolute atomic E-state index is 0.0996. The fraction of sp³-hybridized carbons (Fsp3) is 0.759. The van der Waals surface area contributed by atoms with Crippen molar-refractivity contribution in [2.24, 2.45) is 40.4 Å². The molecule has 1 aromatic heterocycles. The van der Waals surface area contributed by atoms with Gasteiger partial charge in [-0.05, 0) is 118 Å². The first-order valence-corrected chi connectivity index (χ1v) is 13.7. The maximum atomic E-state index is 13.9. The first-order chi connectivity index (χ1) is 16.1. The fourth-order valence-electron chi connectivity index (χ4n) is 9.35. The highest BCUT2D eigenvalue weighted by atomic mass is 16.3. The Hall–Kier alpha value is -1.75. The van der Waals surface area contributed by atoms with Crippen LogP contribution in [0.2, 0.25) is 0 Å². The van der Waals surface area contributed by atoms with Gasteiger partial charge in [0.2, 0.25) is 0 Å². The summed E-state index contributed by atoms with van der Waals surface area (Å²) in [5.74, 6) is 3.24. The zero-order valence-corrected chi connectivity index (χ0v) is 21.3. The maximum Gasteiger partial charge on any atom is 0.162 e. The number of hydrogen-bond acceptors (Lipinski definition) is 4. The van der Waals surface area contributed by atoms with Crippen LogP contribution >= 0.6 is 0 Å². The van der Waals surface area contributed by atoms with Gasteiger partial charge in [-0.2, -0.15) is 15.0 Å². The Labute approximate surface area is 203 Å². The summed E-state index contributed by atoms with van der Waals surface area (Å²) in [6.45, 7) is 9.01. The summed E-state index contributed by atoms with van der Waals surface area (Å²) in [7, 11) is 0. The van der Waals surface area contributed by atoms with Crippen molar-refractivity contribution in [2.45, 2.75) is 97.1 Å². The Morgan fingerprint density at radius 3 is 2.32 bits per heavy atom. The number of rotatable bonds is 3. The summed E-state index contributed by atoms with van der Waals surface area (Å²) in [5.41, 5.74) is 1.69. The molecule has 0 radical (unpaired) electrons. The van der Waals surface area contributed by atoms with Gasteiger partial charge >= 0.3 is 0 Å². The molecule has 4 fully saturated rings. The number of aliphatic hydroxyl groups is 1. The average Bonchev–Trinajstić information content (AvgIpc) is 3.39. The predicted octanol–water partition coefficient (Wildman–Crippen LogP) is 5.97. The second kappa shape index (κ2) is 7.62. The van der Waals surface area contributed by atoms with Gasteiger partial charge in [0.25, 0.3) is 0 Å². The van der Waals surface area contributed by atoms with Crippen LogP contribution in [0.4, 0.5) is 0 Å². The van der Waals surface area contributed by atoms with Gasteiger partial charge in [-0.25, -0.2) is 0 Å². The molecule has 34 heavy (non-hydrogen) atoms. The van der Waals surface area contributed by atoms with Crippen LogP contribution in [0.5, 0.6) is 0 Å². The number of hydrogen-bond donors (Lipinski definition) is 1. The van der Waals surface area contributed by atoms with Crippen molar-refractivity contribution in [1.29, 1.82) is 0 Å². The fourth-order valence-corrected chi connectivity index (χ4v) is 9.35. The second-order valence-corrected chi connectivity index (χ2v) is 13.1. The van der Waals surface area contributed by atoms with E-state index in [4.69, 9.17) is 0 Å². The van der Waals surface area contributed by atoms with E-state index < -0.39 is 5.60 Å². The summed E-state index contributed by atoms with van der Waals surface area (Å²) in [6.07, 6.45) is 10.2. The van der Waals surface area contributed by atoms with Crippen LogP contribution in [0, 0.1) is 40.4 Å². The quantitative estimate of drug-likeness (QED) is 0.609. The Kier molecular flexibility index (Phi) is 5.09. The Bertz CT molecular complexity index is 1070. The lowest BCUT2D eigenvalue weighted by Crippen LogP contribution is -2.55. The number of carbonyl (C=O) groups excluding carboxylic acids is 1. The zero-order valence-electron chi connectivity index (χ0n) is 21.3. The van der Waals surface area contributed by atoms with Crippen molar-refractivity contribution in [2.75, 3.05) is 0 Å². The van der Waals surface area contributed by atoms with Gasteiger partial charge in [0, 0.05) is 5.92 Å². The number of ketones is 1. The van der Waals surface area contributed by atoms with Gasteiger partial charge in [-0.1, -0.05) is 26.0 Å². The van der Waals surface area contributed by atoms with Gasteiger partial charge in [0.05, 0.1) is 5.60 Å². The van der Waals surface area contributed by atoms with E-state index in [0.717, 1.165) is 55.0 Å². The average molecular weight is 464 g/mol. The normalized spacial score (nSPS) is 44.8. The van der Waals surface area contributed by atoms with E-state index in [-0.39, 0.29) is 17.4 Å². The molecule has 5 nitrogen and oxygen atoms in total. The van der Waals surface area contributed by atoms with Crippen molar-refractivity contribution in [3.05, 3.63) is 24.3 Å². The van der Waals surface area contributed by atoms with Gasteiger partial charge in [-0.3, -0.25) is 4.79 Å². The van der Waals surface area contributed by atoms with Crippen molar-refractivity contribution in [3.8, 4) is 0 Å². The summed E-state index contributed by atoms with van der Waals surface area (Å²) in [5, 5.41) is 20.0. The van der Waals surface area contributed by atoms with Crippen LogP contribution in [0.15, 0.2) is 24.3 Å². The third kappa shape index (κ3) is 3.25. The summed E-state index contributed by atoms with van der Waals surface area (Å²) in [6, 6.07) is 7.55. The van der Waals surface area contributed by atoms with Crippen molar-refractivity contribution in [1.82, 2.24) is 15.0 Å². The molecular weight excluding hydrogens is 422 g/mol. The molecule has 0 spiro atoms. The summed E-state index contributed by atoms with van der Waals surface area (Å²) < 4.78 is 0. The third-order valence-corrected chi connectivity index (χ3v) is 11.4. The molecule has 1 N–H and O–H groups in total. The Morgan fingerprint density at radius 1 is 0.941 bits per heavy atom. The smallest absolute Gasteiger partial charge is 0.162 e. The molecular formula is C29H41N3O2. The minimum atomic E-state index is -0.480. The molecule has 4 saturated carbocycles. The molecule has 1 unspecified atom stereocenters. The van der Waals surface area contributed by atoms with Gasteiger partial charge < -0.3 is 5.11 Å². The Morgan fingerprint density at radius 2 is 1.62 bits per heavy atom. The zero-order chi connectivity index (χ0) is 23.9. The van der Waals surface area contributed by atoms with Gasteiger partial charge in [0.15, 0.2) is 5.78 Å². The standard InChI is InChI=1S/C29H41N3O2/c1-18(32-30-24-7-5-6-8-25(24)31-32)26(33)23-12-11-21-20-10-9-19-17-27(2,34)15-16-28(19,3)22(20)13-14-29(21,23)4/h5-8,18-23,34H,9-17H2,1-4H3/t18-,19+,20+,21+,22+,23-,27-,28?,29+/m1/s1. The molecule has 6 rings (SSSR count). The van der Waals surface area contributed by atoms with E-state index in [0.29, 0.717) is 23.0 Å². The van der Waals surface area contributed by atoms with E-state index in [9.17, 15) is 9.90 Å². The van der Waals surface area contributed by atoms with E-state index in [2.05, 4.69) is 24.0 Å². The number of carbonyl (C=O) groups is 1. The van der Waals surface area contributed by atoms with Crippen molar-refractivity contribution < 1.29 is 9.90 Å². The highest BCUT2D eigenvalue weighted by Gasteiger charge is 2.62. The molecule has 184 valence electrons. The van der Waals surface area contributed by atoms with Gasteiger partial charge in [0.1, 0.15) is 17.1 Å². The lowest BCUT2D eigenvalue weighted by atomic mass is 9.44. The van der Waals surface area contributed by atoms with Crippen LogP contribution in [0.3, 0.4) is 0 Å². The first-order valence-electron chi connectivity index (χ1n) is 13.7. The number of nitrogens with zero attached hydrogens (tertiary/aromatic N) is 3. The molecule has 2 aromatic rings. The molecule has 0 aliphatic heterocycles. The molecule has 1 heterocycles. The molecule has 5 heteroatoms. The molecule has 0 saturated heterocycles. The highest BCUT2D eigenvalue weighted by molar-refractivity contribution is 5.86. The maximum absolute atomic E-state index is 13.9. The largest absolute Gasteiger partial charge is 0.390 e. The number of Topliss-reactive ketones (excluding diaryl/α,β-unsaturated/α-hetero) is 1. The molecule has 0 amide bonds. The lowest BCUT2D eigenvalue weighted by Gasteiger charge is -2.61. The van der Waals surface area contributed by atoms with Crippen molar-refractivity contribution >= 4 is 16.8 Å². The topological polar surface area (TPSA) is 68.0 Å². The molecule has 0 bridgehead atoms. The van der Waals surface area contributed by atoms with Crippen molar-refractivity contribution in [3.63, 3.8) is 0 Å². The van der Waals surface area contributed by atoms with E-state index in [1.807, 2.05) is 38.1 Å². The Balaban J connectivity index is 1.23. The molecule has 4 aliphatic carbocycles. The van der Waals surface area contributed by atoms with Crippen LogP contribution < -0.4 is 0 Å².